The van der Waals surface area contributed by atoms with Crippen molar-refractivity contribution in [1.29, 1.82) is 0 Å². The van der Waals surface area contributed by atoms with Crippen molar-refractivity contribution < 1.29 is 4.79 Å². The Balaban J connectivity index is 1.55. The molecule has 1 aliphatic carbocycles. The van der Waals surface area contributed by atoms with E-state index in [4.69, 9.17) is 0 Å². The highest BCUT2D eigenvalue weighted by molar-refractivity contribution is 6.06. The zero-order valence-electron chi connectivity index (χ0n) is 17.5. The average molecular weight is 415 g/mol. The number of amides is 1. The Morgan fingerprint density at radius 2 is 1.74 bits per heavy atom. The van der Waals surface area contributed by atoms with Gasteiger partial charge >= 0.3 is 0 Å². The normalized spacial score (nSPS) is 14.8. The van der Waals surface area contributed by atoms with E-state index >= 15 is 0 Å². The monoisotopic (exact) mass is 414 g/mol. The zero-order valence-corrected chi connectivity index (χ0v) is 17.5. The second-order valence-corrected chi connectivity index (χ2v) is 8.37. The van der Waals surface area contributed by atoms with E-state index in [9.17, 15) is 9.59 Å². The molecule has 31 heavy (non-hydrogen) atoms. The lowest BCUT2D eigenvalue weighted by atomic mass is 9.95. The van der Waals surface area contributed by atoms with E-state index in [0.717, 1.165) is 42.1 Å². The van der Waals surface area contributed by atoms with Gasteiger partial charge < -0.3 is 9.88 Å². The van der Waals surface area contributed by atoms with Crippen LogP contribution in [0.4, 0.5) is 0 Å². The topological polar surface area (TPSA) is 68.9 Å². The molecule has 158 valence electrons. The van der Waals surface area contributed by atoms with Gasteiger partial charge in [-0.05, 0) is 24.5 Å². The Bertz CT molecular complexity index is 1280. The van der Waals surface area contributed by atoms with Crippen molar-refractivity contribution in [3.05, 3.63) is 76.8 Å². The van der Waals surface area contributed by atoms with Crippen molar-refractivity contribution in [2.24, 2.45) is 0 Å². The van der Waals surface area contributed by atoms with Gasteiger partial charge in [-0.25, -0.2) is 4.98 Å². The van der Waals surface area contributed by atoms with Crippen LogP contribution in [0.2, 0.25) is 0 Å². The molecule has 2 aromatic heterocycles. The van der Waals surface area contributed by atoms with Crippen LogP contribution < -0.4 is 10.9 Å². The third-order valence-corrected chi connectivity index (χ3v) is 6.20. The molecule has 4 aromatic rings. The van der Waals surface area contributed by atoms with Gasteiger partial charge in [-0.2, -0.15) is 0 Å². The number of nitrogens with zero attached hydrogens (tertiary/aromatic N) is 3. The maximum Gasteiger partial charge on any atom is 0.278 e. The SMILES string of the molecule is O=C(Cn1c2ccccc2c2ncn(Cc3ccccc3)c(=O)c21)NC1CCCCC1. The smallest absolute Gasteiger partial charge is 0.278 e. The highest BCUT2D eigenvalue weighted by Gasteiger charge is 2.20. The Morgan fingerprint density at radius 3 is 2.55 bits per heavy atom. The minimum absolute atomic E-state index is 0.0487. The number of aromatic nitrogens is 3. The number of carbonyl (C=O) groups excluding carboxylic acids is 1. The van der Waals surface area contributed by atoms with Gasteiger partial charge in [-0.3, -0.25) is 14.2 Å². The lowest BCUT2D eigenvalue weighted by Crippen LogP contribution is -2.38. The number of carbonyl (C=O) groups is 1. The van der Waals surface area contributed by atoms with Crippen LogP contribution in [0.3, 0.4) is 0 Å². The summed E-state index contributed by atoms with van der Waals surface area (Å²) >= 11 is 0. The number of hydrogen-bond acceptors (Lipinski definition) is 3. The summed E-state index contributed by atoms with van der Waals surface area (Å²) in [6.07, 6.45) is 7.24. The van der Waals surface area contributed by atoms with Crippen LogP contribution in [0.15, 0.2) is 65.7 Å². The van der Waals surface area contributed by atoms with E-state index < -0.39 is 0 Å². The zero-order chi connectivity index (χ0) is 21.2. The van der Waals surface area contributed by atoms with Crippen molar-refractivity contribution in [3.63, 3.8) is 0 Å². The molecule has 6 heteroatoms. The van der Waals surface area contributed by atoms with Gasteiger partial charge in [0.2, 0.25) is 5.91 Å². The summed E-state index contributed by atoms with van der Waals surface area (Å²) in [6.45, 7) is 0.561. The first-order valence-corrected chi connectivity index (χ1v) is 11.0. The molecule has 0 unspecified atom stereocenters. The van der Waals surface area contributed by atoms with Crippen LogP contribution >= 0.6 is 0 Å². The molecule has 1 aliphatic rings. The molecule has 0 saturated heterocycles. The number of hydrogen-bond donors (Lipinski definition) is 1. The summed E-state index contributed by atoms with van der Waals surface area (Å²) in [5, 5.41) is 4.07. The van der Waals surface area contributed by atoms with E-state index in [1.807, 2.05) is 59.2 Å². The van der Waals surface area contributed by atoms with Gasteiger partial charge in [0.15, 0.2) is 0 Å². The standard InChI is InChI=1S/C25H26N4O2/c30-22(27-19-11-5-2-6-12-19)16-29-21-14-8-7-13-20(21)23-24(29)25(31)28(17-26-23)15-18-9-3-1-4-10-18/h1,3-4,7-10,13-14,17,19H,2,5-6,11-12,15-16H2,(H,27,30). The van der Waals surface area contributed by atoms with Crippen LogP contribution in [0, 0.1) is 0 Å². The Morgan fingerprint density at radius 1 is 1.00 bits per heavy atom. The highest BCUT2D eigenvalue weighted by atomic mass is 16.2. The van der Waals surface area contributed by atoms with Crippen molar-refractivity contribution in [1.82, 2.24) is 19.4 Å². The fraction of sp³-hybridized carbons (Fsp3) is 0.320. The fourth-order valence-corrected chi connectivity index (χ4v) is 4.67. The third kappa shape index (κ3) is 3.85. The quantitative estimate of drug-likeness (QED) is 0.539. The van der Waals surface area contributed by atoms with Crippen LogP contribution in [-0.2, 0) is 17.9 Å². The minimum atomic E-state index is -0.129. The molecule has 1 amide bonds. The largest absolute Gasteiger partial charge is 0.352 e. The van der Waals surface area contributed by atoms with E-state index in [2.05, 4.69) is 10.3 Å². The summed E-state index contributed by atoms with van der Waals surface area (Å²) in [5.74, 6) is -0.0487. The van der Waals surface area contributed by atoms with Crippen molar-refractivity contribution in [2.45, 2.75) is 51.2 Å². The van der Waals surface area contributed by atoms with Gasteiger partial charge in [0.05, 0.1) is 18.4 Å². The van der Waals surface area contributed by atoms with Crippen molar-refractivity contribution in [3.8, 4) is 0 Å². The Hall–Kier alpha value is -3.41. The summed E-state index contributed by atoms with van der Waals surface area (Å²) < 4.78 is 3.45. The Kier molecular flexibility index (Phi) is 5.28. The molecule has 2 aromatic carbocycles. The first-order valence-electron chi connectivity index (χ1n) is 11.0. The van der Waals surface area contributed by atoms with E-state index in [1.165, 1.54) is 6.42 Å². The van der Waals surface area contributed by atoms with Crippen LogP contribution in [0.25, 0.3) is 21.9 Å². The first-order chi connectivity index (χ1) is 15.2. The molecule has 2 heterocycles. The van der Waals surface area contributed by atoms with E-state index in [0.29, 0.717) is 17.6 Å². The van der Waals surface area contributed by atoms with Crippen LogP contribution in [0.1, 0.15) is 37.7 Å². The lowest BCUT2D eigenvalue weighted by molar-refractivity contribution is -0.122. The molecule has 0 bridgehead atoms. The average Bonchev–Trinajstić information content (AvgIpc) is 3.11. The molecule has 1 N–H and O–H groups in total. The summed E-state index contributed by atoms with van der Waals surface area (Å²) in [5.41, 5.74) is 2.89. The maximum atomic E-state index is 13.5. The number of nitrogens with one attached hydrogen (secondary N) is 1. The molecule has 1 saturated carbocycles. The number of rotatable bonds is 5. The molecule has 0 spiro atoms. The predicted molar refractivity (Wildman–Crippen MR) is 122 cm³/mol. The fourth-order valence-electron chi connectivity index (χ4n) is 4.67. The lowest BCUT2D eigenvalue weighted by Gasteiger charge is -2.23. The molecule has 0 radical (unpaired) electrons. The summed E-state index contributed by atoms with van der Waals surface area (Å²) in [6, 6.07) is 17.9. The summed E-state index contributed by atoms with van der Waals surface area (Å²) in [4.78, 5) is 31.0. The summed E-state index contributed by atoms with van der Waals surface area (Å²) in [7, 11) is 0. The molecule has 1 fully saturated rings. The van der Waals surface area contributed by atoms with Gasteiger partial charge in [0.25, 0.3) is 5.56 Å². The third-order valence-electron chi connectivity index (χ3n) is 6.20. The number of fused-ring (bicyclic) bond motifs is 3. The molecule has 0 aliphatic heterocycles. The van der Waals surface area contributed by atoms with Crippen molar-refractivity contribution in [2.75, 3.05) is 0 Å². The molecule has 6 nitrogen and oxygen atoms in total. The molecule has 5 rings (SSSR count). The molecular formula is C25H26N4O2. The van der Waals surface area contributed by atoms with E-state index in [1.54, 1.807) is 10.9 Å². The first kappa shape index (κ1) is 19.5. The second kappa shape index (κ2) is 8.38. The van der Waals surface area contributed by atoms with Crippen LogP contribution in [-0.4, -0.2) is 26.1 Å². The second-order valence-electron chi connectivity index (χ2n) is 8.37. The molecular weight excluding hydrogens is 388 g/mol. The van der Waals surface area contributed by atoms with Crippen molar-refractivity contribution >= 4 is 27.8 Å². The minimum Gasteiger partial charge on any atom is -0.352 e. The van der Waals surface area contributed by atoms with Gasteiger partial charge in [-0.1, -0.05) is 67.8 Å². The number of para-hydroxylation sites is 1. The highest BCUT2D eigenvalue weighted by Crippen LogP contribution is 2.25. The number of benzene rings is 2. The van der Waals surface area contributed by atoms with Gasteiger partial charge in [-0.15, -0.1) is 0 Å². The van der Waals surface area contributed by atoms with Gasteiger partial charge in [0.1, 0.15) is 17.6 Å². The predicted octanol–water partition coefficient (Wildman–Crippen LogP) is 3.85. The van der Waals surface area contributed by atoms with E-state index in [-0.39, 0.29) is 24.1 Å². The Labute approximate surface area is 180 Å². The molecule has 0 atom stereocenters. The maximum absolute atomic E-state index is 13.5. The van der Waals surface area contributed by atoms with Gasteiger partial charge in [0, 0.05) is 11.4 Å². The van der Waals surface area contributed by atoms with Crippen LogP contribution in [0.5, 0.6) is 0 Å².